The fourth-order valence-corrected chi connectivity index (χ4v) is 3.60. The van der Waals surface area contributed by atoms with E-state index in [-0.39, 0.29) is 22.9 Å². The Morgan fingerprint density at radius 2 is 2.11 bits per heavy atom. The van der Waals surface area contributed by atoms with Crippen molar-refractivity contribution in [3.63, 3.8) is 0 Å². The highest BCUT2D eigenvalue weighted by Crippen LogP contribution is 2.28. The number of hydrogen-bond acceptors (Lipinski definition) is 4. The normalized spacial score (nSPS) is 23.1. The number of nitrogens with one attached hydrogen (secondary N) is 1. The van der Waals surface area contributed by atoms with Crippen LogP contribution in [-0.4, -0.2) is 27.7 Å². The van der Waals surface area contributed by atoms with E-state index < -0.39 is 20.7 Å². The van der Waals surface area contributed by atoms with Gasteiger partial charge >= 0.3 is 0 Å². The van der Waals surface area contributed by atoms with E-state index in [1.807, 2.05) is 0 Å². The van der Waals surface area contributed by atoms with Gasteiger partial charge in [-0.2, -0.15) is 0 Å². The summed E-state index contributed by atoms with van der Waals surface area (Å²) in [5.74, 6) is -0.987. The summed E-state index contributed by atoms with van der Waals surface area (Å²) in [7, 11) is -2.41. The molecule has 106 valence electrons. The van der Waals surface area contributed by atoms with Gasteiger partial charge in [0.05, 0.1) is 11.8 Å². The lowest BCUT2D eigenvalue weighted by atomic mass is 9.90. The molecule has 1 aliphatic rings. The highest BCUT2D eigenvalue weighted by molar-refractivity contribution is 7.89. The second kappa shape index (κ2) is 5.24. The van der Waals surface area contributed by atoms with Crippen molar-refractivity contribution in [1.82, 2.24) is 4.72 Å². The number of hydrogen-bond donors (Lipinski definition) is 2. The van der Waals surface area contributed by atoms with Crippen LogP contribution in [0.2, 0.25) is 5.02 Å². The van der Waals surface area contributed by atoms with E-state index in [0.717, 1.165) is 6.07 Å². The van der Waals surface area contributed by atoms with Crippen LogP contribution in [-0.2, 0) is 14.8 Å². The summed E-state index contributed by atoms with van der Waals surface area (Å²) in [5, 5.41) is 0.0719. The zero-order chi connectivity index (χ0) is 14.2. The molecule has 0 amide bonds. The lowest BCUT2D eigenvalue weighted by Crippen LogP contribution is -2.47. The summed E-state index contributed by atoms with van der Waals surface area (Å²) in [4.78, 5) is -0.529. The van der Waals surface area contributed by atoms with Crippen molar-refractivity contribution in [3.05, 3.63) is 23.0 Å². The summed E-state index contributed by atoms with van der Waals surface area (Å²) in [6, 6.07) is 1.96. The smallest absolute Gasteiger partial charge is 0.243 e. The lowest BCUT2D eigenvalue weighted by Gasteiger charge is -2.34. The standard InChI is InChI=1S/C11H14ClFN2O3S/c1-18-8-4-7(5-8)15-19(16,17)10-3-6(12)2-9(14)11(10)13/h2-3,7-8,15H,4-5,14H2,1H3. The molecule has 1 aromatic rings. The van der Waals surface area contributed by atoms with Crippen LogP contribution in [0.4, 0.5) is 10.1 Å². The molecule has 5 nitrogen and oxygen atoms in total. The molecule has 0 aromatic heterocycles. The molecule has 1 aromatic carbocycles. The SMILES string of the molecule is COC1CC(NS(=O)(=O)c2cc(Cl)cc(N)c2F)C1. The van der Waals surface area contributed by atoms with Gasteiger partial charge in [-0.1, -0.05) is 11.6 Å². The molecule has 0 aliphatic heterocycles. The van der Waals surface area contributed by atoms with Crippen LogP contribution in [0.3, 0.4) is 0 Å². The topological polar surface area (TPSA) is 81.4 Å². The van der Waals surface area contributed by atoms with Crippen molar-refractivity contribution >= 4 is 27.3 Å². The van der Waals surface area contributed by atoms with E-state index >= 15 is 0 Å². The predicted octanol–water partition coefficient (Wildman–Crippen LogP) is 1.52. The molecule has 1 fully saturated rings. The zero-order valence-electron chi connectivity index (χ0n) is 10.2. The quantitative estimate of drug-likeness (QED) is 0.826. The fourth-order valence-electron chi connectivity index (χ4n) is 1.92. The van der Waals surface area contributed by atoms with E-state index in [1.54, 1.807) is 7.11 Å². The van der Waals surface area contributed by atoms with Gasteiger partial charge in [0, 0.05) is 18.2 Å². The average molecular weight is 309 g/mol. The largest absolute Gasteiger partial charge is 0.396 e. The average Bonchev–Trinajstić information content (AvgIpc) is 2.27. The Labute approximate surface area is 115 Å². The zero-order valence-corrected chi connectivity index (χ0v) is 11.8. The Morgan fingerprint density at radius 1 is 1.47 bits per heavy atom. The number of nitrogen functional groups attached to an aromatic ring is 1. The second-order valence-corrected chi connectivity index (χ2v) is 6.57. The molecule has 19 heavy (non-hydrogen) atoms. The van der Waals surface area contributed by atoms with Crippen molar-refractivity contribution in [3.8, 4) is 0 Å². The summed E-state index contributed by atoms with van der Waals surface area (Å²) in [6.45, 7) is 0. The van der Waals surface area contributed by atoms with E-state index in [9.17, 15) is 12.8 Å². The van der Waals surface area contributed by atoms with Crippen LogP contribution in [0.5, 0.6) is 0 Å². The van der Waals surface area contributed by atoms with E-state index in [1.165, 1.54) is 6.07 Å². The van der Waals surface area contributed by atoms with Gasteiger partial charge in [0.2, 0.25) is 10.0 Å². The van der Waals surface area contributed by atoms with Gasteiger partial charge in [-0.3, -0.25) is 0 Å². The fraction of sp³-hybridized carbons (Fsp3) is 0.455. The van der Waals surface area contributed by atoms with E-state index in [0.29, 0.717) is 12.8 Å². The van der Waals surface area contributed by atoms with E-state index in [4.69, 9.17) is 22.1 Å². The van der Waals surface area contributed by atoms with Crippen LogP contribution < -0.4 is 10.5 Å². The first-order valence-corrected chi connectivity index (χ1v) is 7.49. The van der Waals surface area contributed by atoms with Gasteiger partial charge in [-0.25, -0.2) is 17.5 Å². The number of sulfonamides is 1. The first-order valence-electron chi connectivity index (χ1n) is 5.63. The van der Waals surface area contributed by atoms with Crippen LogP contribution in [0.1, 0.15) is 12.8 Å². The minimum absolute atomic E-state index is 0.0435. The van der Waals surface area contributed by atoms with Crippen molar-refractivity contribution in [2.45, 2.75) is 29.9 Å². The molecule has 1 saturated carbocycles. The van der Waals surface area contributed by atoms with Gasteiger partial charge in [-0.05, 0) is 25.0 Å². The number of methoxy groups -OCH3 is 1. The molecular formula is C11H14ClFN2O3S. The summed E-state index contributed by atoms with van der Waals surface area (Å²) in [5.41, 5.74) is 5.07. The molecule has 0 heterocycles. The van der Waals surface area contributed by atoms with Crippen LogP contribution >= 0.6 is 11.6 Å². The maximum Gasteiger partial charge on any atom is 0.243 e. The molecule has 0 unspecified atom stereocenters. The van der Waals surface area contributed by atoms with Crippen LogP contribution in [0.25, 0.3) is 0 Å². The highest BCUT2D eigenvalue weighted by Gasteiger charge is 2.34. The van der Waals surface area contributed by atoms with Gasteiger partial charge in [0.15, 0.2) is 5.82 Å². The third kappa shape index (κ3) is 3.00. The Hall–Kier alpha value is -0.890. The summed E-state index contributed by atoms with van der Waals surface area (Å²) < 4.78 is 45.3. The minimum atomic E-state index is -3.97. The molecule has 2 rings (SSSR count). The Kier molecular flexibility index (Phi) is 4.00. The number of halogens is 2. The lowest BCUT2D eigenvalue weighted by molar-refractivity contribution is 0.0236. The summed E-state index contributed by atoms with van der Waals surface area (Å²) >= 11 is 5.70. The highest BCUT2D eigenvalue weighted by atomic mass is 35.5. The first-order chi connectivity index (χ1) is 8.83. The minimum Gasteiger partial charge on any atom is -0.396 e. The van der Waals surface area contributed by atoms with Gasteiger partial charge in [0.1, 0.15) is 4.90 Å². The maximum atomic E-state index is 13.8. The van der Waals surface area contributed by atoms with Crippen LogP contribution in [0, 0.1) is 5.82 Å². The number of nitrogens with two attached hydrogens (primary N) is 1. The predicted molar refractivity (Wildman–Crippen MR) is 70.0 cm³/mol. The van der Waals surface area contributed by atoms with Gasteiger partial charge < -0.3 is 10.5 Å². The molecule has 0 atom stereocenters. The van der Waals surface area contributed by atoms with Crippen molar-refractivity contribution in [2.75, 3.05) is 12.8 Å². The van der Waals surface area contributed by atoms with Gasteiger partial charge in [-0.15, -0.1) is 0 Å². The molecular weight excluding hydrogens is 295 g/mol. The molecule has 8 heteroatoms. The Bertz CT molecular complexity index is 588. The molecule has 0 radical (unpaired) electrons. The Morgan fingerprint density at radius 3 is 2.68 bits per heavy atom. The molecule has 3 N–H and O–H groups in total. The van der Waals surface area contributed by atoms with Crippen LogP contribution in [0.15, 0.2) is 17.0 Å². The molecule has 0 bridgehead atoms. The summed E-state index contributed by atoms with van der Waals surface area (Å²) in [6.07, 6.45) is 1.17. The maximum absolute atomic E-state index is 13.8. The third-order valence-electron chi connectivity index (χ3n) is 3.07. The van der Waals surface area contributed by atoms with E-state index in [2.05, 4.69) is 4.72 Å². The molecule has 0 saturated heterocycles. The molecule has 1 aliphatic carbocycles. The van der Waals surface area contributed by atoms with Gasteiger partial charge in [0.25, 0.3) is 0 Å². The molecule has 0 spiro atoms. The van der Waals surface area contributed by atoms with Crippen molar-refractivity contribution in [1.29, 1.82) is 0 Å². The van der Waals surface area contributed by atoms with Crippen molar-refractivity contribution in [2.24, 2.45) is 0 Å². The first kappa shape index (κ1) is 14.5. The number of benzene rings is 1. The third-order valence-corrected chi connectivity index (χ3v) is 4.81. The van der Waals surface area contributed by atoms with Crippen molar-refractivity contribution < 1.29 is 17.5 Å². The Balaban J connectivity index is 2.21. The number of ether oxygens (including phenoxy) is 1. The monoisotopic (exact) mass is 308 g/mol. The number of anilines is 1. The second-order valence-electron chi connectivity index (χ2n) is 4.45. The number of rotatable bonds is 4.